The number of ether oxygens (including phenoxy) is 1. The number of aliphatic imine (C=N–C) groups is 1. The summed E-state index contributed by atoms with van der Waals surface area (Å²) in [5, 5.41) is 0. The third-order valence-corrected chi connectivity index (χ3v) is 3.51. The number of rotatable bonds is 4. The van der Waals surface area contributed by atoms with Crippen molar-refractivity contribution >= 4 is 17.4 Å². The lowest BCUT2D eigenvalue weighted by molar-refractivity contribution is -0.134. The van der Waals surface area contributed by atoms with Gasteiger partial charge in [0.05, 0.1) is 18.0 Å². The van der Waals surface area contributed by atoms with Crippen molar-refractivity contribution in [2.75, 3.05) is 6.61 Å². The first kappa shape index (κ1) is 16.0. The summed E-state index contributed by atoms with van der Waals surface area (Å²) in [6.45, 7) is 8.19. The summed E-state index contributed by atoms with van der Waals surface area (Å²) in [6, 6.07) is 7.90. The summed E-state index contributed by atoms with van der Waals surface area (Å²) < 4.78 is 7.05. The van der Waals surface area contributed by atoms with Crippen molar-refractivity contribution in [3.05, 3.63) is 52.8 Å². The van der Waals surface area contributed by atoms with Crippen LogP contribution in [0.15, 0.2) is 35.5 Å². The molecule has 0 amide bonds. The number of nitrogens with zero attached hydrogens (tertiary/aromatic N) is 2. The largest absolute Gasteiger partial charge is 0.461 e. The topological polar surface area (TPSA) is 43.6 Å². The Morgan fingerprint density at radius 3 is 2.36 bits per heavy atom. The van der Waals surface area contributed by atoms with Crippen molar-refractivity contribution in [1.29, 1.82) is 0 Å². The van der Waals surface area contributed by atoms with Crippen LogP contribution in [0.3, 0.4) is 0 Å². The first-order valence-corrected chi connectivity index (χ1v) is 7.39. The average Bonchev–Trinajstić information content (AvgIpc) is 2.84. The Morgan fingerprint density at radius 1 is 1.23 bits per heavy atom. The van der Waals surface area contributed by atoms with Gasteiger partial charge in [-0.3, -0.25) is 0 Å². The van der Waals surface area contributed by atoms with E-state index in [1.807, 2.05) is 43.8 Å². The first-order valence-electron chi connectivity index (χ1n) is 7.39. The van der Waals surface area contributed by atoms with E-state index < -0.39 is 5.97 Å². The molecule has 0 fully saturated rings. The molecule has 1 aromatic heterocycles. The molecular formula is C18H22N2O2. The molecule has 1 aromatic carbocycles. The molecule has 0 radical (unpaired) electrons. The number of carbonyl (C=O) groups excluding carboxylic acids is 1. The van der Waals surface area contributed by atoms with E-state index in [0.29, 0.717) is 12.3 Å². The third kappa shape index (κ3) is 3.27. The van der Waals surface area contributed by atoms with Gasteiger partial charge in [0.15, 0.2) is 5.71 Å². The molecule has 0 aliphatic carbocycles. The van der Waals surface area contributed by atoms with E-state index in [9.17, 15) is 4.79 Å². The monoisotopic (exact) mass is 298 g/mol. The summed E-state index contributed by atoms with van der Waals surface area (Å²) >= 11 is 0. The second-order valence-corrected chi connectivity index (χ2v) is 5.43. The van der Waals surface area contributed by atoms with Crippen molar-refractivity contribution in [2.45, 2.75) is 27.7 Å². The normalized spacial score (nSPS) is 11.6. The fourth-order valence-electron chi connectivity index (χ4n) is 2.57. The van der Waals surface area contributed by atoms with Crippen molar-refractivity contribution in [2.24, 2.45) is 12.0 Å². The van der Waals surface area contributed by atoms with E-state index in [-0.39, 0.29) is 0 Å². The zero-order chi connectivity index (χ0) is 16.3. The van der Waals surface area contributed by atoms with Gasteiger partial charge in [0.2, 0.25) is 0 Å². The zero-order valence-corrected chi connectivity index (χ0v) is 13.8. The van der Waals surface area contributed by atoms with E-state index in [1.165, 1.54) is 5.56 Å². The molecule has 0 saturated carbocycles. The quantitative estimate of drug-likeness (QED) is 0.639. The Hall–Kier alpha value is -2.36. The van der Waals surface area contributed by atoms with Crippen LogP contribution in [0.2, 0.25) is 0 Å². The fourth-order valence-corrected chi connectivity index (χ4v) is 2.57. The van der Waals surface area contributed by atoms with Crippen molar-refractivity contribution in [3.8, 4) is 0 Å². The predicted octanol–water partition coefficient (Wildman–Crippen LogP) is 3.63. The molecule has 2 rings (SSSR count). The molecule has 0 atom stereocenters. The van der Waals surface area contributed by atoms with Crippen LogP contribution >= 0.6 is 0 Å². The standard InChI is InChI=1S/C18H22N2O2/c1-6-22-18(21)17(15-8-7-9-20(15)5)19-16-13(3)10-12(2)11-14(16)4/h7-11H,6H2,1-5H3/b19-17-. The molecule has 0 saturated heterocycles. The molecule has 0 bridgehead atoms. The van der Waals surface area contributed by atoms with E-state index >= 15 is 0 Å². The fraction of sp³-hybridized carbons (Fsp3) is 0.333. The van der Waals surface area contributed by atoms with Crippen molar-refractivity contribution in [3.63, 3.8) is 0 Å². The number of aryl methyl sites for hydroxylation is 4. The van der Waals surface area contributed by atoms with Crippen LogP contribution in [0, 0.1) is 20.8 Å². The Morgan fingerprint density at radius 2 is 1.86 bits per heavy atom. The summed E-state index contributed by atoms with van der Waals surface area (Å²) in [7, 11) is 1.89. The molecular weight excluding hydrogens is 276 g/mol. The molecule has 0 spiro atoms. The lowest BCUT2D eigenvalue weighted by Gasteiger charge is -2.11. The summed E-state index contributed by atoms with van der Waals surface area (Å²) in [5.74, 6) is -0.399. The molecule has 1 heterocycles. The average molecular weight is 298 g/mol. The molecule has 0 aliphatic heterocycles. The minimum Gasteiger partial charge on any atom is -0.461 e. The van der Waals surface area contributed by atoms with E-state index in [0.717, 1.165) is 22.5 Å². The summed E-state index contributed by atoms with van der Waals surface area (Å²) in [4.78, 5) is 17.0. The van der Waals surface area contributed by atoms with Gasteiger partial charge in [-0.2, -0.15) is 0 Å². The van der Waals surface area contributed by atoms with Crippen LogP contribution < -0.4 is 0 Å². The molecule has 22 heavy (non-hydrogen) atoms. The molecule has 0 unspecified atom stereocenters. The lowest BCUT2D eigenvalue weighted by Crippen LogP contribution is -2.21. The van der Waals surface area contributed by atoms with Crippen LogP contribution in [-0.2, 0) is 16.6 Å². The van der Waals surface area contributed by atoms with E-state index in [4.69, 9.17) is 4.74 Å². The molecule has 0 aliphatic rings. The number of hydrogen-bond donors (Lipinski definition) is 0. The molecule has 116 valence electrons. The number of benzene rings is 1. The SMILES string of the molecule is CCOC(=O)/C(=N\c1c(C)cc(C)cc1C)c1cccn1C. The Kier molecular flexibility index (Phi) is 4.81. The van der Waals surface area contributed by atoms with Crippen LogP contribution in [0.5, 0.6) is 0 Å². The highest BCUT2D eigenvalue weighted by atomic mass is 16.5. The molecule has 4 heteroatoms. The maximum atomic E-state index is 12.3. The van der Waals surface area contributed by atoms with Gasteiger partial charge in [0.1, 0.15) is 0 Å². The Labute approximate surface area is 131 Å². The lowest BCUT2D eigenvalue weighted by atomic mass is 10.1. The van der Waals surface area contributed by atoms with Crippen LogP contribution in [0.1, 0.15) is 29.3 Å². The maximum Gasteiger partial charge on any atom is 0.359 e. The summed E-state index contributed by atoms with van der Waals surface area (Å²) in [6.07, 6.45) is 1.89. The number of aromatic nitrogens is 1. The van der Waals surface area contributed by atoms with Crippen molar-refractivity contribution in [1.82, 2.24) is 4.57 Å². The first-order chi connectivity index (χ1) is 10.4. The number of carbonyl (C=O) groups is 1. The van der Waals surface area contributed by atoms with Gasteiger partial charge in [-0.1, -0.05) is 17.7 Å². The van der Waals surface area contributed by atoms with E-state index in [2.05, 4.69) is 24.0 Å². The second-order valence-electron chi connectivity index (χ2n) is 5.43. The number of esters is 1. The van der Waals surface area contributed by atoms with Gasteiger partial charge in [-0.05, 0) is 51.0 Å². The zero-order valence-electron chi connectivity index (χ0n) is 13.8. The molecule has 4 nitrogen and oxygen atoms in total. The minimum atomic E-state index is -0.399. The van der Waals surface area contributed by atoms with Gasteiger partial charge in [0.25, 0.3) is 0 Å². The molecule has 2 aromatic rings. The maximum absolute atomic E-state index is 12.3. The van der Waals surface area contributed by atoms with Gasteiger partial charge in [0, 0.05) is 13.2 Å². The second kappa shape index (κ2) is 6.60. The minimum absolute atomic E-state index is 0.328. The van der Waals surface area contributed by atoms with Crippen LogP contribution in [-0.4, -0.2) is 22.9 Å². The highest BCUT2D eigenvalue weighted by Crippen LogP contribution is 2.26. The van der Waals surface area contributed by atoms with Crippen LogP contribution in [0.4, 0.5) is 5.69 Å². The molecule has 0 N–H and O–H groups in total. The smallest absolute Gasteiger partial charge is 0.359 e. The van der Waals surface area contributed by atoms with Crippen LogP contribution in [0.25, 0.3) is 0 Å². The Bertz CT molecular complexity index is 703. The highest BCUT2D eigenvalue weighted by molar-refractivity contribution is 6.43. The highest BCUT2D eigenvalue weighted by Gasteiger charge is 2.19. The van der Waals surface area contributed by atoms with Crippen molar-refractivity contribution < 1.29 is 9.53 Å². The van der Waals surface area contributed by atoms with Gasteiger partial charge < -0.3 is 9.30 Å². The van der Waals surface area contributed by atoms with Gasteiger partial charge in [-0.25, -0.2) is 9.79 Å². The predicted molar refractivity (Wildman–Crippen MR) is 88.9 cm³/mol. The number of hydrogen-bond acceptors (Lipinski definition) is 3. The van der Waals surface area contributed by atoms with Gasteiger partial charge >= 0.3 is 5.97 Å². The Balaban J connectivity index is 2.59. The van der Waals surface area contributed by atoms with Gasteiger partial charge in [-0.15, -0.1) is 0 Å². The van der Waals surface area contributed by atoms with E-state index in [1.54, 1.807) is 6.92 Å². The summed E-state index contributed by atoms with van der Waals surface area (Å²) in [5.41, 5.74) is 5.20. The third-order valence-electron chi connectivity index (χ3n) is 3.51.